The molecule has 10 saturated heterocycles. The zero-order chi connectivity index (χ0) is 12.9. The number of carbonyl (C=O) groups excluding carboxylic acids is 2. The van der Waals surface area contributed by atoms with E-state index in [0.29, 0.717) is 12.0 Å². The van der Waals surface area contributed by atoms with Crippen molar-refractivity contribution in [1.82, 2.24) is 5.32 Å². The van der Waals surface area contributed by atoms with Crippen LogP contribution in [0.4, 0.5) is 0 Å². The summed E-state index contributed by atoms with van der Waals surface area (Å²) in [5.74, 6) is -0.542. The Bertz CT molecular complexity index is 920. The van der Waals surface area contributed by atoms with Crippen molar-refractivity contribution in [3.63, 3.8) is 0 Å². The predicted octanol–water partition coefficient (Wildman–Crippen LogP) is 3.35. The van der Waals surface area contributed by atoms with Crippen molar-refractivity contribution < 1.29 is 16.1 Å². The molecule has 11 rings (SSSR count). The predicted molar refractivity (Wildman–Crippen MR) is 69.0 cm³/mol. The SMILES string of the molecule is CCC1=CC(=O)NC1=O.[CH]12[CH]3[CH]4[CH]5[CH]1[Fe]23451678[CH]2[CH]1[CH]6[CH]7[CH]28. The summed E-state index contributed by atoms with van der Waals surface area (Å²) in [6, 6.07) is 0. The van der Waals surface area contributed by atoms with Crippen LogP contribution in [-0.2, 0) is 16.1 Å². The molecule has 2 amide bonds. The molecule has 0 aliphatic carbocycles. The number of imide groups is 1. The number of carbonyl (C=O) groups is 2. The van der Waals surface area contributed by atoms with Crippen LogP contribution in [0.3, 0.4) is 0 Å². The fourth-order valence-corrected chi connectivity index (χ4v) is 88.7. The zero-order valence-corrected chi connectivity index (χ0v) is 12.3. The van der Waals surface area contributed by atoms with Crippen molar-refractivity contribution in [2.45, 2.75) is 61.5 Å². The molecule has 0 unspecified atom stereocenters. The first-order valence-electron chi connectivity index (χ1n) is 8.17. The van der Waals surface area contributed by atoms with Crippen LogP contribution in [0.25, 0.3) is 0 Å². The molecule has 0 aromatic rings. The monoisotopic (exact) mass is 311 g/mol. The molecule has 11 heterocycles. The summed E-state index contributed by atoms with van der Waals surface area (Å²) in [6.07, 6.45) is 1.96. The number of fused-ring (bicyclic) bond motifs is 10. The summed E-state index contributed by atoms with van der Waals surface area (Å²) in [5, 5.41) is 2.15. The van der Waals surface area contributed by atoms with E-state index in [0.717, 1.165) is 0 Å². The van der Waals surface area contributed by atoms with Crippen LogP contribution >= 0.6 is 0 Å². The summed E-state index contributed by atoms with van der Waals surface area (Å²) in [7, 11) is 0. The minimum atomic E-state index is -2.28. The molecular weight excluding hydrogens is 294 g/mol. The molecule has 3 nitrogen and oxygen atoms in total. The summed E-state index contributed by atoms with van der Waals surface area (Å²) < 4.78 is 0. The van der Waals surface area contributed by atoms with E-state index < -0.39 is 6.51 Å². The van der Waals surface area contributed by atoms with E-state index in [4.69, 9.17) is 0 Å². The number of hydrogen-bond donors (Lipinski definition) is 1. The normalized spacial score (nSPS) is 102. The van der Waals surface area contributed by atoms with Crippen molar-refractivity contribution in [3.8, 4) is 0 Å². The van der Waals surface area contributed by atoms with E-state index >= 15 is 0 Å². The van der Waals surface area contributed by atoms with Gasteiger partial charge in [0, 0.05) is 11.6 Å². The molecule has 4 heteroatoms. The second-order valence-electron chi connectivity index (χ2n) is 11.4. The summed E-state index contributed by atoms with van der Waals surface area (Å²) in [4.78, 5) is 36.9. The van der Waals surface area contributed by atoms with Gasteiger partial charge in [-0.05, 0) is 6.42 Å². The van der Waals surface area contributed by atoms with Gasteiger partial charge in [0.15, 0.2) is 0 Å². The molecule has 0 radical (unpaired) electrons. The second-order valence-corrected chi connectivity index (χ2v) is 35.4. The van der Waals surface area contributed by atoms with Gasteiger partial charge in [-0.15, -0.1) is 0 Å². The van der Waals surface area contributed by atoms with Gasteiger partial charge in [0.25, 0.3) is 11.8 Å². The van der Waals surface area contributed by atoms with Crippen LogP contribution in [0, 0.1) is 0 Å². The Morgan fingerprint density at radius 1 is 0.900 bits per heavy atom. The van der Waals surface area contributed by atoms with E-state index in [9.17, 15) is 9.59 Å². The molecule has 1 spiro atoms. The molecular formula is C16H17FeNO2. The van der Waals surface area contributed by atoms with Gasteiger partial charge in [-0.25, -0.2) is 0 Å². The minimum absolute atomic E-state index is 0.248. The van der Waals surface area contributed by atoms with Gasteiger partial charge < -0.3 is 0 Å². The van der Waals surface area contributed by atoms with Crippen LogP contribution in [0.1, 0.15) is 13.3 Å². The number of nitrogens with one attached hydrogen (secondary N) is 1. The summed E-state index contributed by atoms with van der Waals surface area (Å²) in [6.45, 7) is -0.446. The van der Waals surface area contributed by atoms with Crippen LogP contribution in [0.2, 0.25) is 48.2 Å². The Morgan fingerprint density at radius 2 is 1.30 bits per heavy atom. The first kappa shape index (κ1) is 8.14. The molecule has 106 valence electrons. The van der Waals surface area contributed by atoms with Crippen molar-refractivity contribution >= 4 is 11.8 Å². The summed E-state index contributed by atoms with van der Waals surface area (Å²) in [5.41, 5.74) is 0.569. The van der Waals surface area contributed by atoms with E-state index in [1.165, 1.54) is 6.08 Å². The molecule has 11 aliphatic heterocycles. The molecule has 10 fully saturated rings. The van der Waals surface area contributed by atoms with Gasteiger partial charge in [0.2, 0.25) is 0 Å². The number of hydrogen-bond acceptors (Lipinski definition) is 2. The van der Waals surface area contributed by atoms with Crippen molar-refractivity contribution in [3.05, 3.63) is 11.6 Å². The summed E-state index contributed by atoms with van der Waals surface area (Å²) >= 11 is 0. The molecule has 0 atom stereocenters. The standard InChI is InChI=1S/C6H7NO2.2C5H5.Fe/c1-2-4-3-5(8)7-6(4)9;2*1-2-4-5-3-1;/h3H,2H2,1H3,(H,7,8,9);2*1-5H;. The van der Waals surface area contributed by atoms with Crippen LogP contribution in [-0.4, -0.2) is 11.8 Å². The average molecular weight is 311 g/mol. The molecule has 0 aromatic carbocycles. The third-order valence-electron chi connectivity index (χ3n) is 15.8. The molecule has 1 N–H and O–H groups in total. The van der Waals surface area contributed by atoms with Gasteiger partial charge in [0.05, 0.1) is 0 Å². The first-order chi connectivity index (χ1) is 9.40. The molecule has 20 heavy (non-hydrogen) atoms. The zero-order valence-electron chi connectivity index (χ0n) is 11.2. The third kappa shape index (κ3) is 0.103. The van der Waals surface area contributed by atoms with Crippen LogP contribution < -0.4 is 5.32 Å². The van der Waals surface area contributed by atoms with Crippen LogP contribution in [0.5, 0.6) is 0 Å². The Labute approximate surface area is 106 Å². The quantitative estimate of drug-likeness (QED) is 0.596. The van der Waals surface area contributed by atoms with E-state index in [1.54, 1.807) is 48.2 Å². The topological polar surface area (TPSA) is 46.2 Å². The van der Waals surface area contributed by atoms with Gasteiger partial charge in [0.1, 0.15) is 0 Å². The van der Waals surface area contributed by atoms with Crippen molar-refractivity contribution in [1.29, 1.82) is 0 Å². The van der Waals surface area contributed by atoms with Crippen molar-refractivity contribution in [2.75, 3.05) is 0 Å². The van der Waals surface area contributed by atoms with Crippen LogP contribution in [0.15, 0.2) is 11.6 Å². The van der Waals surface area contributed by atoms with Gasteiger partial charge in [-0.3, -0.25) is 14.9 Å². The van der Waals surface area contributed by atoms with Crippen molar-refractivity contribution in [2.24, 2.45) is 0 Å². The first-order valence-corrected chi connectivity index (χ1v) is 14.5. The molecule has 0 bridgehead atoms. The number of rotatable bonds is 1. The molecule has 0 saturated carbocycles. The Hall–Kier alpha value is -0.601. The van der Waals surface area contributed by atoms with E-state index in [1.807, 2.05) is 6.92 Å². The fraction of sp³-hybridized carbons (Fsp3) is 0.750. The third-order valence-corrected chi connectivity index (χ3v) is 57.7. The van der Waals surface area contributed by atoms with Gasteiger partial charge in [-0.1, -0.05) is 6.92 Å². The van der Waals surface area contributed by atoms with Gasteiger partial charge in [-0.2, -0.15) is 0 Å². The Balaban J connectivity index is 0.0000000802. The Kier molecular flexibility index (Phi) is 0.304. The van der Waals surface area contributed by atoms with E-state index in [2.05, 4.69) is 5.32 Å². The Morgan fingerprint density at radius 3 is 1.40 bits per heavy atom. The molecule has 0 aromatic heterocycles. The fourth-order valence-electron chi connectivity index (χ4n) is 16.5. The molecule has 11 aliphatic rings. The maximum atomic E-state index is 10.6. The maximum absolute atomic E-state index is 10.6. The number of amides is 2. The second kappa shape index (κ2) is 0.746. The van der Waals surface area contributed by atoms with Gasteiger partial charge >= 0.3 is 54.7 Å². The average Bonchev–Trinajstić information content (AvgIpc) is 3.35. The van der Waals surface area contributed by atoms with E-state index in [-0.39, 0.29) is 11.8 Å².